The zero-order chi connectivity index (χ0) is 16.5. The lowest BCUT2D eigenvalue weighted by Gasteiger charge is -2.24. The maximum atomic E-state index is 13.0. The fourth-order valence-corrected chi connectivity index (χ4v) is 3.80. The molecule has 3 aromatic rings. The molecule has 6 nitrogen and oxygen atoms in total. The van der Waals surface area contributed by atoms with Gasteiger partial charge in [-0.3, -0.25) is 9.48 Å². The average molecular weight is 342 g/mol. The number of hydrogen-bond acceptors (Lipinski definition) is 5. The third-order valence-corrected chi connectivity index (χ3v) is 5.18. The van der Waals surface area contributed by atoms with Crippen LogP contribution in [0.3, 0.4) is 0 Å². The molecule has 4 rings (SSSR count). The summed E-state index contributed by atoms with van der Waals surface area (Å²) in [5.74, 6) is 1.05. The number of hydrogen-bond donors (Lipinski definition) is 0. The summed E-state index contributed by atoms with van der Waals surface area (Å²) in [7, 11) is 0. The summed E-state index contributed by atoms with van der Waals surface area (Å²) in [6.07, 6.45) is 5.68. The Labute approximate surface area is 143 Å². The van der Waals surface area contributed by atoms with Crippen molar-refractivity contribution in [3.8, 4) is 10.8 Å². The minimum absolute atomic E-state index is 0.0475. The molecular weight excluding hydrogens is 324 g/mol. The Morgan fingerprint density at radius 2 is 2.38 bits per heavy atom. The van der Waals surface area contributed by atoms with Crippen LogP contribution in [0.2, 0.25) is 0 Å². The molecule has 1 aliphatic heterocycles. The first kappa shape index (κ1) is 15.1. The lowest BCUT2D eigenvalue weighted by molar-refractivity contribution is 0.0714. The van der Waals surface area contributed by atoms with Gasteiger partial charge in [0, 0.05) is 18.9 Å². The number of aryl methyl sites for hydroxylation is 1. The monoisotopic (exact) mass is 342 g/mol. The van der Waals surface area contributed by atoms with Crippen LogP contribution in [-0.2, 0) is 6.54 Å². The molecule has 1 atom stereocenters. The number of oxazole rings is 1. The Bertz CT molecular complexity index is 823. The van der Waals surface area contributed by atoms with Gasteiger partial charge in [-0.2, -0.15) is 5.10 Å². The lowest BCUT2D eigenvalue weighted by Crippen LogP contribution is -2.38. The van der Waals surface area contributed by atoms with Crippen LogP contribution in [-0.4, -0.2) is 38.2 Å². The molecule has 0 radical (unpaired) electrons. The fraction of sp³-hybridized carbons (Fsp3) is 0.353. The van der Waals surface area contributed by atoms with Crippen molar-refractivity contribution in [1.29, 1.82) is 0 Å². The summed E-state index contributed by atoms with van der Waals surface area (Å²) >= 11 is 1.55. The van der Waals surface area contributed by atoms with Crippen molar-refractivity contribution < 1.29 is 9.21 Å². The molecule has 1 aliphatic rings. The van der Waals surface area contributed by atoms with E-state index in [4.69, 9.17) is 4.42 Å². The maximum absolute atomic E-state index is 13.0. The Kier molecular flexibility index (Phi) is 3.93. The molecule has 124 valence electrons. The average Bonchev–Trinajstić information content (AvgIpc) is 3.35. The van der Waals surface area contributed by atoms with E-state index in [0.717, 1.165) is 24.3 Å². The molecule has 7 heteroatoms. The summed E-state index contributed by atoms with van der Waals surface area (Å²) in [5.41, 5.74) is 0.422. The topological polar surface area (TPSA) is 64.2 Å². The first-order valence-electron chi connectivity index (χ1n) is 8.02. The maximum Gasteiger partial charge on any atom is 0.276 e. The molecule has 1 fully saturated rings. The van der Waals surface area contributed by atoms with Crippen LogP contribution in [0, 0.1) is 6.92 Å². The van der Waals surface area contributed by atoms with Gasteiger partial charge in [0.1, 0.15) is 5.76 Å². The highest BCUT2D eigenvalue weighted by Gasteiger charge is 2.32. The van der Waals surface area contributed by atoms with Crippen molar-refractivity contribution in [2.75, 3.05) is 6.54 Å². The number of likely N-dealkylation sites (tertiary alicyclic amines) is 1. The second-order valence-electron chi connectivity index (χ2n) is 5.92. The number of amides is 1. The summed E-state index contributed by atoms with van der Waals surface area (Å²) in [6.45, 7) is 3.27. The summed E-state index contributed by atoms with van der Waals surface area (Å²) in [5, 5.41) is 6.22. The van der Waals surface area contributed by atoms with Crippen LogP contribution in [0.1, 0.15) is 29.1 Å². The Balaban J connectivity index is 1.56. The van der Waals surface area contributed by atoms with E-state index < -0.39 is 0 Å². The molecule has 24 heavy (non-hydrogen) atoms. The van der Waals surface area contributed by atoms with Crippen LogP contribution in [0.4, 0.5) is 0 Å². The molecule has 1 amide bonds. The first-order valence-corrected chi connectivity index (χ1v) is 8.90. The first-order chi connectivity index (χ1) is 11.7. The highest BCUT2D eigenvalue weighted by Crippen LogP contribution is 2.28. The molecule has 0 aliphatic carbocycles. The summed E-state index contributed by atoms with van der Waals surface area (Å²) in [6, 6.07) is 5.94. The van der Waals surface area contributed by atoms with Crippen molar-refractivity contribution in [3.05, 3.63) is 47.4 Å². The van der Waals surface area contributed by atoms with Crippen molar-refractivity contribution in [2.24, 2.45) is 0 Å². The molecule has 3 aromatic heterocycles. The second kappa shape index (κ2) is 6.24. The molecule has 0 N–H and O–H groups in total. The van der Waals surface area contributed by atoms with Gasteiger partial charge in [-0.15, -0.1) is 11.3 Å². The highest BCUT2D eigenvalue weighted by molar-refractivity contribution is 7.13. The number of nitrogens with zero attached hydrogens (tertiary/aromatic N) is 4. The number of carbonyl (C=O) groups excluding carboxylic acids is 1. The van der Waals surface area contributed by atoms with Gasteiger partial charge < -0.3 is 9.32 Å². The third-order valence-electron chi connectivity index (χ3n) is 4.33. The van der Waals surface area contributed by atoms with E-state index in [1.807, 2.05) is 39.4 Å². The van der Waals surface area contributed by atoms with Gasteiger partial charge in [-0.25, -0.2) is 4.98 Å². The van der Waals surface area contributed by atoms with E-state index in [1.165, 1.54) is 0 Å². The number of carbonyl (C=O) groups is 1. The highest BCUT2D eigenvalue weighted by atomic mass is 32.1. The molecular formula is C17H18N4O2S. The van der Waals surface area contributed by atoms with E-state index >= 15 is 0 Å². The zero-order valence-corrected chi connectivity index (χ0v) is 14.2. The Morgan fingerprint density at radius 1 is 1.46 bits per heavy atom. The lowest BCUT2D eigenvalue weighted by atomic mass is 10.2. The zero-order valence-electron chi connectivity index (χ0n) is 13.4. The minimum atomic E-state index is -0.0475. The van der Waals surface area contributed by atoms with Gasteiger partial charge in [-0.05, 0) is 37.3 Å². The van der Waals surface area contributed by atoms with Crippen LogP contribution in [0.15, 0.2) is 40.4 Å². The quantitative estimate of drug-likeness (QED) is 0.730. The van der Waals surface area contributed by atoms with E-state index in [1.54, 1.807) is 24.5 Å². The van der Waals surface area contributed by atoms with E-state index in [-0.39, 0.29) is 11.9 Å². The number of rotatable bonds is 4. The second-order valence-corrected chi connectivity index (χ2v) is 6.87. The normalized spacial score (nSPS) is 17.5. The Hall–Kier alpha value is -2.41. The van der Waals surface area contributed by atoms with Crippen molar-refractivity contribution in [3.63, 3.8) is 0 Å². The van der Waals surface area contributed by atoms with Gasteiger partial charge in [-0.1, -0.05) is 6.07 Å². The predicted molar refractivity (Wildman–Crippen MR) is 90.8 cm³/mol. The van der Waals surface area contributed by atoms with E-state index in [0.29, 0.717) is 23.9 Å². The minimum Gasteiger partial charge on any atom is -0.440 e. The molecule has 4 heterocycles. The van der Waals surface area contributed by atoms with E-state index in [9.17, 15) is 4.79 Å². The van der Waals surface area contributed by atoms with Gasteiger partial charge in [0.15, 0.2) is 5.69 Å². The van der Waals surface area contributed by atoms with Gasteiger partial charge in [0.25, 0.3) is 5.91 Å². The molecule has 0 unspecified atom stereocenters. The van der Waals surface area contributed by atoms with Crippen LogP contribution >= 0.6 is 11.3 Å². The molecule has 0 aromatic carbocycles. The number of aromatic nitrogens is 3. The SMILES string of the molecule is Cc1oc(-c2cccs2)nc1C(=O)N1CCC[C@H]1Cn1cccn1. The van der Waals surface area contributed by atoms with Crippen molar-refractivity contribution >= 4 is 17.2 Å². The Morgan fingerprint density at radius 3 is 3.12 bits per heavy atom. The fourth-order valence-electron chi connectivity index (χ4n) is 3.15. The number of thiophene rings is 1. The van der Waals surface area contributed by atoms with Crippen LogP contribution in [0.5, 0.6) is 0 Å². The molecule has 1 saturated heterocycles. The van der Waals surface area contributed by atoms with Crippen LogP contribution < -0.4 is 0 Å². The smallest absolute Gasteiger partial charge is 0.276 e. The van der Waals surface area contributed by atoms with Crippen molar-refractivity contribution in [1.82, 2.24) is 19.7 Å². The van der Waals surface area contributed by atoms with Crippen molar-refractivity contribution in [2.45, 2.75) is 32.4 Å². The molecule has 0 bridgehead atoms. The molecule has 0 spiro atoms. The third kappa shape index (κ3) is 2.75. The van der Waals surface area contributed by atoms with Gasteiger partial charge in [0.2, 0.25) is 5.89 Å². The molecule has 0 saturated carbocycles. The van der Waals surface area contributed by atoms with E-state index in [2.05, 4.69) is 10.1 Å². The summed E-state index contributed by atoms with van der Waals surface area (Å²) < 4.78 is 7.59. The largest absolute Gasteiger partial charge is 0.440 e. The van der Waals surface area contributed by atoms with Gasteiger partial charge >= 0.3 is 0 Å². The predicted octanol–water partition coefficient (Wildman–Crippen LogP) is 3.21. The standard InChI is InChI=1S/C17H18N4O2S/c1-12-15(19-16(23-12)14-6-3-10-24-14)17(22)21-9-2-5-13(21)11-20-8-4-7-18-20/h3-4,6-8,10,13H,2,5,9,11H2,1H3/t13-/m0/s1. The van der Waals surface area contributed by atoms with Crippen LogP contribution in [0.25, 0.3) is 10.8 Å². The van der Waals surface area contributed by atoms with Gasteiger partial charge in [0.05, 0.1) is 17.5 Å². The summed E-state index contributed by atoms with van der Waals surface area (Å²) in [4.78, 5) is 20.3.